The van der Waals surface area contributed by atoms with Crippen molar-refractivity contribution >= 4 is 22.9 Å². The molecule has 3 unspecified atom stereocenters. The summed E-state index contributed by atoms with van der Waals surface area (Å²) in [6, 6.07) is 8.05. The van der Waals surface area contributed by atoms with Gasteiger partial charge in [-0.3, -0.25) is 9.78 Å². The van der Waals surface area contributed by atoms with Crippen molar-refractivity contribution in [2.24, 2.45) is 0 Å². The smallest absolute Gasteiger partial charge is 0.305 e. The summed E-state index contributed by atoms with van der Waals surface area (Å²) in [6.07, 6.45) is 7.92. The topological polar surface area (TPSA) is 90.7 Å². The van der Waals surface area contributed by atoms with E-state index in [0.29, 0.717) is 5.92 Å². The van der Waals surface area contributed by atoms with Gasteiger partial charge in [0.1, 0.15) is 0 Å². The van der Waals surface area contributed by atoms with Crippen LogP contribution in [0.2, 0.25) is 0 Å². The Labute approximate surface area is 200 Å². The molecule has 0 spiro atoms. The molecular weight excluding hydrogens is 433 g/mol. The number of rotatable bonds is 10. The summed E-state index contributed by atoms with van der Waals surface area (Å²) in [7, 11) is 0. The van der Waals surface area contributed by atoms with Crippen molar-refractivity contribution in [2.75, 3.05) is 0 Å². The predicted molar refractivity (Wildman–Crippen MR) is 135 cm³/mol. The lowest BCUT2D eigenvalue weighted by Crippen LogP contribution is -2.19. The summed E-state index contributed by atoms with van der Waals surface area (Å²) < 4.78 is 11.5. The maximum Gasteiger partial charge on any atom is 0.305 e. The van der Waals surface area contributed by atoms with Gasteiger partial charge in [0, 0.05) is 29.2 Å². The molecule has 6 heteroatoms. The van der Waals surface area contributed by atoms with E-state index in [-0.39, 0.29) is 24.6 Å². The number of nitrogens with zero attached hydrogens (tertiary/aromatic N) is 1. The highest BCUT2D eigenvalue weighted by Gasteiger charge is 2.30. The Kier molecular flexibility index (Phi) is 10.4. The second-order valence-corrected chi connectivity index (χ2v) is 8.54. The van der Waals surface area contributed by atoms with Gasteiger partial charge in [-0.25, -0.2) is 4.39 Å². The van der Waals surface area contributed by atoms with E-state index in [0.717, 1.165) is 40.6 Å². The standard InChI is InChI=1S/C23H27NO4.C5H7F/c1-3-14(2)22-18-6-4-5-7-20(18)24-23(15-8-9-15)19(22)11-10-16(25)12-17(26)13-21(27)28;1-3-4-5(2)6/h3-7,10-11,14-17,25-26H,1,8-9,12-13H2,2H3,(H,27,28);3-4H,1H2,2H3/b11-10+;5-4+. The van der Waals surface area contributed by atoms with E-state index < -0.39 is 18.2 Å². The van der Waals surface area contributed by atoms with Crippen LogP contribution in [0.25, 0.3) is 17.0 Å². The van der Waals surface area contributed by atoms with Crippen molar-refractivity contribution in [3.63, 3.8) is 0 Å². The quantitative estimate of drug-likeness (QED) is 0.292. The highest BCUT2D eigenvalue weighted by atomic mass is 19.1. The molecule has 182 valence electrons. The first-order chi connectivity index (χ1) is 16.2. The number of aliphatic carboxylic acids is 1. The van der Waals surface area contributed by atoms with Gasteiger partial charge < -0.3 is 15.3 Å². The Hall–Kier alpha value is -3.09. The fourth-order valence-electron chi connectivity index (χ4n) is 3.74. The van der Waals surface area contributed by atoms with Crippen LogP contribution < -0.4 is 0 Å². The lowest BCUT2D eigenvalue weighted by molar-refractivity contribution is -0.139. The molecule has 0 amide bonds. The molecule has 1 aliphatic rings. The van der Waals surface area contributed by atoms with Crippen molar-refractivity contribution in [1.29, 1.82) is 0 Å². The number of carbonyl (C=O) groups is 1. The summed E-state index contributed by atoms with van der Waals surface area (Å²) >= 11 is 0. The van der Waals surface area contributed by atoms with Crippen LogP contribution in [0.15, 0.2) is 67.6 Å². The molecule has 0 bridgehead atoms. The van der Waals surface area contributed by atoms with Crippen molar-refractivity contribution < 1.29 is 24.5 Å². The molecule has 1 saturated carbocycles. The van der Waals surface area contributed by atoms with Crippen LogP contribution in [0, 0.1) is 0 Å². The van der Waals surface area contributed by atoms with Gasteiger partial charge in [0.2, 0.25) is 0 Å². The summed E-state index contributed by atoms with van der Waals surface area (Å²) in [5, 5.41) is 29.8. The Balaban J connectivity index is 0.000000604. The molecule has 0 radical (unpaired) electrons. The van der Waals surface area contributed by atoms with Crippen LogP contribution in [0.4, 0.5) is 4.39 Å². The van der Waals surface area contributed by atoms with Crippen LogP contribution >= 0.6 is 0 Å². The third-order valence-corrected chi connectivity index (χ3v) is 5.53. The number of carboxylic acid groups (broad SMARTS) is 1. The van der Waals surface area contributed by atoms with Gasteiger partial charge in [-0.1, -0.05) is 56.0 Å². The molecule has 5 nitrogen and oxygen atoms in total. The molecule has 0 aliphatic heterocycles. The van der Waals surface area contributed by atoms with Crippen molar-refractivity contribution in [2.45, 2.75) is 63.6 Å². The average Bonchev–Trinajstić information content (AvgIpc) is 3.61. The van der Waals surface area contributed by atoms with Crippen LogP contribution in [-0.4, -0.2) is 38.5 Å². The number of para-hydroxylation sites is 1. The molecule has 1 heterocycles. The molecule has 1 fully saturated rings. The van der Waals surface area contributed by atoms with E-state index in [4.69, 9.17) is 10.1 Å². The summed E-state index contributed by atoms with van der Waals surface area (Å²) in [5.74, 6) is -0.750. The second kappa shape index (κ2) is 13.0. The minimum Gasteiger partial charge on any atom is -0.481 e. The predicted octanol–water partition coefficient (Wildman–Crippen LogP) is 6.05. The Morgan fingerprint density at radius 1 is 1.26 bits per heavy atom. The molecule has 0 saturated heterocycles. The first kappa shape index (κ1) is 27.2. The zero-order valence-corrected chi connectivity index (χ0v) is 19.8. The minimum absolute atomic E-state index is 0.0189. The third-order valence-electron chi connectivity index (χ3n) is 5.53. The van der Waals surface area contributed by atoms with E-state index in [1.807, 2.05) is 30.4 Å². The molecule has 1 aromatic carbocycles. The average molecular weight is 468 g/mol. The Morgan fingerprint density at radius 3 is 2.47 bits per heavy atom. The maximum atomic E-state index is 11.5. The SMILES string of the molecule is C=C/C=C(\C)F.C=CC(C)c1c(/C=C/C(O)CC(O)CC(=O)O)c(C2CC2)nc2ccccc12. The Morgan fingerprint density at radius 2 is 1.94 bits per heavy atom. The largest absolute Gasteiger partial charge is 0.481 e. The molecule has 3 atom stereocenters. The van der Waals surface area contributed by atoms with E-state index >= 15 is 0 Å². The van der Waals surface area contributed by atoms with Gasteiger partial charge >= 0.3 is 5.97 Å². The van der Waals surface area contributed by atoms with Crippen LogP contribution in [-0.2, 0) is 4.79 Å². The number of pyridine rings is 1. The number of hydrogen-bond donors (Lipinski definition) is 3. The highest BCUT2D eigenvalue weighted by molar-refractivity contribution is 5.87. The number of benzene rings is 1. The maximum absolute atomic E-state index is 11.5. The monoisotopic (exact) mass is 467 g/mol. The van der Waals surface area contributed by atoms with Gasteiger partial charge in [-0.05, 0) is 37.5 Å². The summed E-state index contributed by atoms with van der Waals surface area (Å²) in [5.41, 5.74) is 4.14. The summed E-state index contributed by atoms with van der Waals surface area (Å²) in [6.45, 7) is 10.7. The first-order valence-corrected chi connectivity index (χ1v) is 11.4. The number of carboxylic acids is 1. The van der Waals surface area contributed by atoms with Crippen LogP contribution in [0.1, 0.15) is 68.2 Å². The van der Waals surface area contributed by atoms with E-state index in [2.05, 4.69) is 26.1 Å². The number of halogens is 1. The number of hydrogen-bond acceptors (Lipinski definition) is 4. The van der Waals surface area contributed by atoms with E-state index in [1.54, 1.807) is 6.08 Å². The second-order valence-electron chi connectivity index (χ2n) is 8.54. The first-order valence-electron chi connectivity index (χ1n) is 11.4. The van der Waals surface area contributed by atoms with E-state index in [1.165, 1.54) is 19.1 Å². The minimum atomic E-state index is -1.08. The lowest BCUT2D eigenvalue weighted by Gasteiger charge is -2.18. The molecule has 2 aromatic rings. The van der Waals surface area contributed by atoms with Crippen LogP contribution in [0.5, 0.6) is 0 Å². The van der Waals surface area contributed by atoms with Gasteiger partial charge in [-0.15, -0.1) is 6.58 Å². The van der Waals surface area contributed by atoms with Crippen LogP contribution in [0.3, 0.4) is 0 Å². The lowest BCUT2D eigenvalue weighted by atomic mass is 9.89. The number of fused-ring (bicyclic) bond motifs is 1. The van der Waals surface area contributed by atoms with Crippen molar-refractivity contribution in [3.8, 4) is 0 Å². The Bertz CT molecular complexity index is 1070. The molecule has 34 heavy (non-hydrogen) atoms. The fraction of sp³-hybridized carbons (Fsp3) is 0.357. The fourth-order valence-corrected chi connectivity index (χ4v) is 3.74. The normalized spacial score (nSPS) is 16.4. The molecular formula is C28H34FNO4. The van der Waals surface area contributed by atoms with Crippen molar-refractivity contribution in [3.05, 3.63) is 84.4 Å². The summed E-state index contributed by atoms with van der Waals surface area (Å²) in [4.78, 5) is 15.6. The molecule has 3 N–H and O–H groups in total. The molecule has 1 aromatic heterocycles. The molecule has 1 aliphatic carbocycles. The zero-order valence-electron chi connectivity index (χ0n) is 19.8. The van der Waals surface area contributed by atoms with Crippen molar-refractivity contribution in [1.82, 2.24) is 4.98 Å². The molecule has 3 rings (SSSR count). The van der Waals surface area contributed by atoms with Gasteiger partial charge in [0.05, 0.1) is 35.7 Å². The number of allylic oxidation sites excluding steroid dienone is 4. The number of aliphatic hydroxyl groups excluding tert-OH is 2. The number of aliphatic hydroxyl groups is 2. The highest BCUT2D eigenvalue weighted by Crippen LogP contribution is 2.44. The number of aromatic nitrogens is 1. The van der Waals surface area contributed by atoms with E-state index in [9.17, 15) is 19.4 Å². The zero-order chi connectivity index (χ0) is 25.3. The third kappa shape index (κ3) is 8.04. The van der Waals surface area contributed by atoms with Gasteiger partial charge in [-0.2, -0.15) is 0 Å². The van der Waals surface area contributed by atoms with Gasteiger partial charge in [0.15, 0.2) is 0 Å². The van der Waals surface area contributed by atoms with Gasteiger partial charge in [0.25, 0.3) is 0 Å².